The van der Waals surface area contributed by atoms with E-state index in [9.17, 15) is 4.39 Å². The van der Waals surface area contributed by atoms with E-state index in [1.54, 1.807) is 12.4 Å². The molecule has 6 rings (SSSR count). The number of benzene rings is 3. The molecule has 34 heavy (non-hydrogen) atoms. The van der Waals surface area contributed by atoms with E-state index in [-0.39, 0.29) is 5.82 Å². The molecule has 0 amide bonds. The number of ether oxygens (including phenoxy) is 1. The molecule has 0 aliphatic heterocycles. The van der Waals surface area contributed by atoms with Crippen LogP contribution in [0.1, 0.15) is 0 Å². The minimum absolute atomic E-state index is 0.344. The van der Waals surface area contributed by atoms with Crippen LogP contribution < -0.4 is 10.5 Å². The summed E-state index contributed by atoms with van der Waals surface area (Å²) in [5.74, 6) is 0.133. The number of hydrogen-bond acceptors (Lipinski definition) is 4. The maximum absolute atomic E-state index is 14.2. The summed E-state index contributed by atoms with van der Waals surface area (Å²) in [5.41, 5.74) is 13.6. The monoisotopic (exact) mass is 449 g/mol. The fraction of sp³-hybridized carbons (Fsp3) is 0.0370. The van der Waals surface area contributed by atoms with E-state index in [4.69, 9.17) is 10.5 Å². The van der Waals surface area contributed by atoms with Crippen LogP contribution in [0.4, 0.5) is 10.1 Å². The van der Waals surface area contributed by atoms with Crippen LogP contribution >= 0.6 is 0 Å². The number of nitrogens with one attached hydrogen (secondary N) is 2. The Labute approximate surface area is 194 Å². The summed E-state index contributed by atoms with van der Waals surface area (Å²) in [7, 11) is 1.53. The van der Waals surface area contributed by atoms with Gasteiger partial charge >= 0.3 is 0 Å². The van der Waals surface area contributed by atoms with E-state index in [2.05, 4.69) is 26.2 Å². The highest BCUT2D eigenvalue weighted by atomic mass is 19.1. The van der Waals surface area contributed by atoms with E-state index < -0.39 is 0 Å². The highest BCUT2D eigenvalue weighted by molar-refractivity contribution is 6.02. The number of H-pyrrole nitrogens is 2. The summed E-state index contributed by atoms with van der Waals surface area (Å²) in [6.07, 6.45) is 3.42. The van der Waals surface area contributed by atoms with Crippen LogP contribution in [0.3, 0.4) is 0 Å². The molecular formula is C27H20FN5O. The van der Waals surface area contributed by atoms with Crippen LogP contribution in [0.25, 0.3) is 55.4 Å². The molecule has 4 N–H and O–H groups in total. The first-order valence-corrected chi connectivity index (χ1v) is 10.7. The Morgan fingerprint density at radius 2 is 1.76 bits per heavy atom. The molecule has 3 aromatic carbocycles. The van der Waals surface area contributed by atoms with Crippen LogP contribution in [0.2, 0.25) is 0 Å². The number of aromatic nitrogens is 4. The second-order valence-electron chi connectivity index (χ2n) is 8.17. The Hall–Kier alpha value is -4.65. The van der Waals surface area contributed by atoms with Crippen molar-refractivity contribution in [2.75, 3.05) is 12.8 Å². The zero-order valence-electron chi connectivity index (χ0n) is 18.3. The minimum Gasteiger partial charge on any atom is -0.497 e. The van der Waals surface area contributed by atoms with Crippen molar-refractivity contribution >= 4 is 27.5 Å². The van der Waals surface area contributed by atoms with Crippen molar-refractivity contribution in [1.82, 2.24) is 20.2 Å². The van der Waals surface area contributed by atoms with Gasteiger partial charge in [0.05, 0.1) is 24.0 Å². The molecule has 3 heterocycles. The Morgan fingerprint density at radius 3 is 2.62 bits per heavy atom. The number of nitrogens with two attached hydrogens (primary N) is 1. The number of pyridine rings is 1. The maximum Gasteiger partial charge on any atom is 0.127 e. The zero-order chi connectivity index (χ0) is 23.2. The third-order valence-corrected chi connectivity index (χ3v) is 5.99. The quantitative estimate of drug-likeness (QED) is 0.300. The van der Waals surface area contributed by atoms with Gasteiger partial charge in [-0.05, 0) is 59.2 Å². The van der Waals surface area contributed by atoms with Crippen molar-refractivity contribution in [2.45, 2.75) is 0 Å². The SMILES string of the molecule is COc1cc(F)cc(-c2cccc3[nH]c(-c4n[nH]c5ccc(-c6cncc(N)c6)cc45)cc23)c1. The van der Waals surface area contributed by atoms with Gasteiger partial charge in [0, 0.05) is 40.3 Å². The Kier molecular flexibility index (Phi) is 4.55. The van der Waals surface area contributed by atoms with Gasteiger partial charge in [-0.2, -0.15) is 5.10 Å². The lowest BCUT2D eigenvalue weighted by Gasteiger charge is -2.07. The maximum atomic E-state index is 14.2. The van der Waals surface area contributed by atoms with Gasteiger partial charge in [0.15, 0.2) is 0 Å². The number of hydrogen-bond donors (Lipinski definition) is 3. The lowest BCUT2D eigenvalue weighted by atomic mass is 10.0. The van der Waals surface area contributed by atoms with E-state index in [1.165, 1.54) is 19.2 Å². The third kappa shape index (κ3) is 3.34. The largest absolute Gasteiger partial charge is 0.497 e. The fourth-order valence-electron chi connectivity index (χ4n) is 4.39. The molecule has 0 atom stereocenters. The van der Waals surface area contributed by atoms with E-state index in [1.807, 2.05) is 48.5 Å². The van der Waals surface area contributed by atoms with E-state index in [0.717, 1.165) is 55.4 Å². The second-order valence-corrected chi connectivity index (χ2v) is 8.17. The molecule has 6 nitrogen and oxygen atoms in total. The molecule has 0 aliphatic carbocycles. The van der Waals surface area contributed by atoms with Gasteiger partial charge in [-0.3, -0.25) is 10.1 Å². The number of anilines is 1. The van der Waals surface area contributed by atoms with Crippen molar-refractivity contribution in [3.05, 3.63) is 84.9 Å². The fourth-order valence-corrected chi connectivity index (χ4v) is 4.39. The summed E-state index contributed by atoms with van der Waals surface area (Å²) in [4.78, 5) is 7.68. The molecule has 3 aromatic heterocycles. The van der Waals surface area contributed by atoms with Crippen LogP contribution in [-0.2, 0) is 0 Å². The second kappa shape index (κ2) is 7.74. The number of methoxy groups -OCH3 is 1. The van der Waals surface area contributed by atoms with Crippen LogP contribution in [0.15, 0.2) is 79.1 Å². The first kappa shape index (κ1) is 20.0. The topological polar surface area (TPSA) is 92.6 Å². The number of nitrogens with zero attached hydrogens (tertiary/aromatic N) is 2. The molecule has 6 aromatic rings. The minimum atomic E-state index is -0.344. The molecule has 7 heteroatoms. The molecule has 166 valence electrons. The normalized spacial score (nSPS) is 11.4. The Balaban J connectivity index is 1.50. The standard InChI is InChI=1S/C27H20FN5O/c1-34-20-9-16(7-18(28)11-20)21-3-2-4-24-22(21)12-26(31-24)27-23-10-15(5-6-25(23)32-33-27)17-8-19(29)14-30-13-17/h2-14,31H,29H2,1H3,(H,32,33). The van der Waals surface area contributed by atoms with Gasteiger partial charge in [0.25, 0.3) is 0 Å². The summed E-state index contributed by atoms with van der Waals surface area (Å²) >= 11 is 0. The molecule has 0 saturated carbocycles. The van der Waals surface area contributed by atoms with E-state index >= 15 is 0 Å². The number of fused-ring (bicyclic) bond motifs is 2. The van der Waals surface area contributed by atoms with Crippen molar-refractivity contribution in [1.29, 1.82) is 0 Å². The molecule has 0 fully saturated rings. The number of rotatable bonds is 4. The van der Waals surface area contributed by atoms with E-state index in [0.29, 0.717) is 11.4 Å². The number of aromatic amines is 2. The third-order valence-electron chi connectivity index (χ3n) is 5.99. The molecule has 0 saturated heterocycles. The smallest absolute Gasteiger partial charge is 0.127 e. The molecular weight excluding hydrogens is 429 g/mol. The van der Waals surface area contributed by atoms with Crippen molar-refractivity contribution < 1.29 is 9.13 Å². The summed E-state index contributed by atoms with van der Waals surface area (Å²) in [6.45, 7) is 0. The zero-order valence-corrected chi connectivity index (χ0v) is 18.3. The summed E-state index contributed by atoms with van der Waals surface area (Å²) < 4.78 is 19.5. The molecule has 0 bridgehead atoms. The van der Waals surface area contributed by atoms with Crippen molar-refractivity contribution in [2.24, 2.45) is 0 Å². The summed E-state index contributed by atoms with van der Waals surface area (Å²) in [6, 6.07) is 20.7. The van der Waals surface area contributed by atoms with Gasteiger partial charge in [-0.25, -0.2) is 4.39 Å². The van der Waals surface area contributed by atoms with Crippen LogP contribution in [-0.4, -0.2) is 27.3 Å². The van der Waals surface area contributed by atoms with Crippen LogP contribution in [0.5, 0.6) is 5.75 Å². The van der Waals surface area contributed by atoms with Crippen molar-refractivity contribution in [3.63, 3.8) is 0 Å². The average molecular weight is 449 g/mol. The first-order valence-electron chi connectivity index (χ1n) is 10.7. The van der Waals surface area contributed by atoms with Gasteiger partial charge < -0.3 is 15.5 Å². The Morgan fingerprint density at radius 1 is 0.853 bits per heavy atom. The van der Waals surface area contributed by atoms with Gasteiger partial charge in [0.1, 0.15) is 17.3 Å². The molecule has 0 spiro atoms. The van der Waals surface area contributed by atoms with Gasteiger partial charge in [-0.1, -0.05) is 18.2 Å². The highest BCUT2D eigenvalue weighted by Gasteiger charge is 2.15. The Bertz CT molecular complexity index is 1680. The summed E-state index contributed by atoms with van der Waals surface area (Å²) in [5, 5.41) is 9.64. The van der Waals surface area contributed by atoms with Crippen LogP contribution in [0, 0.1) is 5.82 Å². The lowest BCUT2D eigenvalue weighted by molar-refractivity contribution is 0.411. The first-order chi connectivity index (χ1) is 16.6. The predicted molar refractivity (Wildman–Crippen MR) is 133 cm³/mol. The highest BCUT2D eigenvalue weighted by Crippen LogP contribution is 2.36. The molecule has 0 unspecified atom stereocenters. The van der Waals surface area contributed by atoms with Gasteiger partial charge in [0.2, 0.25) is 0 Å². The number of nitrogen functional groups attached to an aromatic ring is 1. The average Bonchev–Trinajstić information content (AvgIpc) is 3.47. The van der Waals surface area contributed by atoms with Crippen molar-refractivity contribution in [3.8, 4) is 39.4 Å². The predicted octanol–water partition coefficient (Wildman–Crippen LogP) is 6.17. The van der Waals surface area contributed by atoms with Gasteiger partial charge in [-0.15, -0.1) is 0 Å². The lowest BCUT2D eigenvalue weighted by Crippen LogP contribution is -1.87. The molecule has 0 radical (unpaired) electrons. The number of halogens is 1. The molecule has 0 aliphatic rings.